The molecular formula is C15H14Cl3FN4O. The molecular weight excluding hydrogens is 378 g/mol. The van der Waals surface area contributed by atoms with Crippen molar-refractivity contribution in [3.8, 4) is 0 Å². The molecule has 0 bridgehead atoms. The van der Waals surface area contributed by atoms with Crippen LogP contribution < -0.4 is 16.0 Å². The summed E-state index contributed by atoms with van der Waals surface area (Å²) in [4.78, 5) is 15.6. The summed E-state index contributed by atoms with van der Waals surface area (Å²) in [6.07, 6.45) is 3.62. The van der Waals surface area contributed by atoms with Crippen molar-refractivity contribution in [3.05, 3.63) is 51.5 Å². The van der Waals surface area contributed by atoms with E-state index in [1.54, 1.807) is 0 Å². The topological polar surface area (TPSA) is 66.0 Å². The molecule has 24 heavy (non-hydrogen) atoms. The minimum atomic E-state index is -0.593. The van der Waals surface area contributed by atoms with Gasteiger partial charge in [0.2, 0.25) is 0 Å². The van der Waals surface area contributed by atoms with Crippen LogP contribution >= 0.6 is 34.8 Å². The molecule has 1 heterocycles. The first-order valence-electron chi connectivity index (χ1n) is 7.00. The van der Waals surface area contributed by atoms with Gasteiger partial charge in [0.15, 0.2) is 0 Å². The number of benzene rings is 1. The van der Waals surface area contributed by atoms with Crippen molar-refractivity contribution in [1.29, 1.82) is 0 Å². The molecule has 0 atom stereocenters. The SMILES string of the molecule is O=C(NCCCNc1c(Cl)cncc1Cl)Nc1ccc(Cl)c(F)c1. The van der Waals surface area contributed by atoms with Crippen molar-refractivity contribution >= 4 is 52.2 Å². The van der Waals surface area contributed by atoms with E-state index in [4.69, 9.17) is 34.8 Å². The number of aromatic nitrogens is 1. The first kappa shape index (κ1) is 18.6. The lowest BCUT2D eigenvalue weighted by molar-refractivity contribution is 0.252. The van der Waals surface area contributed by atoms with E-state index in [1.807, 2.05) is 0 Å². The molecule has 128 valence electrons. The number of hydrogen-bond donors (Lipinski definition) is 3. The predicted molar refractivity (Wildman–Crippen MR) is 95.8 cm³/mol. The van der Waals surface area contributed by atoms with Crippen molar-refractivity contribution in [2.45, 2.75) is 6.42 Å². The minimum Gasteiger partial charge on any atom is -0.382 e. The van der Waals surface area contributed by atoms with Crippen LogP contribution in [0, 0.1) is 5.82 Å². The van der Waals surface area contributed by atoms with Gasteiger partial charge < -0.3 is 16.0 Å². The normalized spacial score (nSPS) is 10.3. The Kier molecular flexibility index (Phi) is 6.90. The van der Waals surface area contributed by atoms with Gasteiger partial charge in [-0.1, -0.05) is 34.8 Å². The average Bonchev–Trinajstić information content (AvgIpc) is 2.53. The van der Waals surface area contributed by atoms with Crippen LogP contribution in [0.3, 0.4) is 0 Å². The maximum Gasteiger partial charge on any atom is 0.319 e. The monoisotopic (exact) mass is 390 g/mol. The molecule has 2 amide bonds. The standard InChI is InChI=1S/C15H14Cl3FN4O/c16-10-3-2-9(6-13(10)19)23-15(24)22-5-1-4-21-14-11(17)7-20-8-12(14)18/h2-3,6-8H,1,4-5H2,(H,20,21)(H2,22,23,24). The number of rotatable bonds is 6. The Morgan fingerprint density at radius 3 is 2.46 bits per heavy atom. The number of amides is 2. The number of pyridine rings is 1. The molecule has 0 aliphatic rings. The second-order valence-corrected chi connectivity index (χ2v) is 5.99. The maximum atomic E-state index is 13.3. The number of nitrogens with one attached hydrogen (secondary N) is 3. The fraction of sp³-hybridized carbons (Fsp3) is 0.200. The Morgan fingerprint density at radius 1 is 1.08 bits per heavy atom. The Bertz CT molecular complexity index is 710. The molecule has 0 aliphatic carbocycles. The van der Waals surface area contributed by atoms with E-state index < -0.39 is 11.8 Å². The molecule has 0 unspecified atom stereocenters. The molecule has 9 heteroatoms. The van der Waals surface area contributed by atoms with Crippen LogP contribution in [-0.4, -0.2) is 24.1 Å². The lowest BCUT2D eigenvalue weighted by Crippen LogP contribution is -2.30. The van der Waals surface area contributed by atoms with Crippen molar-refractivity contribution < 1.29 is 9.18 Å². The smallest absolute Gasteiger partial charge is 0.319 e. The summed E-state index contributed by atoms with van der Waals surface area (Å²) in [6, 6.07) is 3.60. The number of anilines is 2. The van der Waals surface area contributed by atoms with Crippen LogP contribution in [0.25, 0.3) is 0 Å². The highest BCUT2D eigenvalue weighted by molar-refractivity contribution is 6.38. The molecule has 2 aromatic rings. The summed E-state index contributed by atoms with van der Waals surface area (Å²) in [7, 11) is 0. The van der Waals surface area contributed by atoms with E-state index in [2.05, 4.69) is 20.9 Å². The van der Waals surface area contributed by atoms with Gasteiger partial charge in [0.25, 0.3) is 0 Å². The van der Waals surface area contributed by atoms with Crippen LogP contribution in [0.1, 0.15) is 6.42 Å². The minimum absolute atomic E-state index is 0.000432. The molecule has 5 nitrogen and oxygen atoms in total. The fourth-order valence-corrected chi connectivity index (χ4v) is 2.45. The molecule has 0 radical (unpaired) electrons. The maximum absolute atomic E-state index is 13.3. The highest BCUT2D eigenvalue weighted by Crippen LogP contribution is 2.28. The highest BCUT2D eigenvalue weighted by atomic mass is 35.5. The highest BCUT2D eigenvalue weighted by Gasteiger charge is 2.06. The number of urea groups is 1. The molecule has 3 N–H and O–H groups in total. The Balaban J connectivity index is 1.70. The number of carbonyl (C=O) groups excluding carboxylic acids is 1. The van der Waals surface area contributed by atoms with E-state index in [9.17, 15) is 9.18 Å². The van der Waals surface area contributed by atoms with Gasteiger partial charge in [-0.25, -0.2) is 9.18 Å². The molecule has 0 saturated heterocycles. The van der Waals surface area contributed by atoms with Gasteiger partial charge in [0.05, 0.1) is 20.8 Å². The van der Waals surface area contributed by atoms with Crippen LogP contribution in [0.5, 0.6) is 0 Å². The summed E-state index contributed by atoms with van der Waals surface area (Å²) in [5.74, 6) is -0.593. The van der Waals surface area contributed by atoms with Gasteiger partial charge in [0, 0.05) is 31.2 Å². The Labute approximate surface area is 153 Å². The van der Waals surface area contributed by atoms with Gasteiger partial charge in [-0.3, -0.25) is 4.98 Å². The third kappa shape index (κ3) is 5.40. The van der Waals surface area contributed by atoms with E-state index in [1.165, 1.54) is 24.5 Å². The van der Waals surface area contributed by atoms with E-state index >= 15 is 0 Å². The zero-order valence-electron chi connectivity index (χ0n) is 12.4. The van der Waals surface area contributed by atoms with Crippen molar-refractivity contribution in [3.63, 3.8) is 0 Å². The lowest BCUT2D eigenvalue weighted by Gasteiger charge is -2.11. The number of hydrogen-bond acceptors (Lipinski definition) is 3. The molecule has 1 aromatic carbocycles. The first-order valence-corrected chi connectivity index (χ1v) is 8.13. The van der Waals surface area contributed by atoms with E-state index in [0.717, 1.165) is 6.07 Å². The summed E-state index contributed by atoms with van der Waals surface area (Å²) < 4.78 is 13.3. The number of halogens is 4. The third-order valence-electron chi connectivity index (χ3n) is 2.97. The van der Waals surface area contributed by atoms with Crippen LogP contribution in [0.4, 0.5) is 20.6 Å². The van der Waals surface area contributed by atoms with Gasteiger partial charge in [-0.15, -0.1) is 0 Å². The first-order chi connectivity index (χ1) is 11.5. The quantitative estimate of drug-likeness (QED) is 0.619. The zero-order valence-corrected chi connectivity index (χ0v) is 14.6. The van der Waals surface area contributed by atoms with Crippen molar-refractivity contribution in [1.82, 2.24) is 10.3 Å². The van der Waals surface area contributed by atoms with Crippen molar-refractivity contribution in [2.24, 2.45) is 0 Å². The summed E-state index contributed by atoms with van der Waals surface area (Å²) >= 11 is 17.5. The average molecular weight is 392 g/mol. The second-order valence-electron chi connectivity index (χ2n) is 4.77. The predicted octanol–water partition coefficient (Wildman–Crippen LogP) is 4.80. The van der Waals surface area contributed by atoms with E-state index in [0.29, 0.717) is 40.9 Å². The second kappa shape index (κ2) is 8.92. The summed E-state index contributed by atoms with van der Waals surface area (Å²) in [5.41, 5.74) is 0.928. The summed E-state index contributed by atoms with van der Waals surface area (Å²) in [5, 5.41) is 9.11. The molecule has 2 rings (SSSR count). The van der Waals surface area contributed by atoms with Gasteiger partial charge >= 0.3 is 6.03 Å². The molecule has 0 fully saturated rings. The van der Waals surface area contributed by atoms with Gasteiger partial charge in [-0.2, -0.15) is 0 Å². The van der Waals surface area contributed by atoms with E-state index in [-0.39, 0.29) is 5.02 Å². The number of carbonyl (C=O) groups is 1. The van der Waals surface area contributed by atoms with Crippen LogP contribution in [-0.2, 0) is 0 Å². The van der Waals surface area contributed by atoms with Crippen LogP contribution in [0.2, 0.25) is 15.1 Å². The largest absolute Gasteiger partial charge is 0.382 e. The molecule has 0 spiro atoms. The fourth-order valence-electron chi connectivity index (χ4n) is 1.83. The lowest BCUT2D eigenvalue weighted by atomic mass is 10.3. The number of nitrogens with zero attached hydrogens (tertiary/aromatic N) is 1. The molecule has 1 aromatic heterocycles. The summed E-state index contributed by atoms with van der Waals surface area (Å²) in [6.45, 7) is 0.967. The molecule has 0 saturated carbocycles. The van der Waals surface area contributed by atoms with Crippen LogP contribution in [0.15, 0.2) is 30.6 Å². The Hall–Kier alpha value is -1.76. The zero-order chi connectivity index (χ0) is 17.5. The van der Waals surface area contributed by atoms with Gasteiger partial charge in [0.1, 0.15) is 5.82 Å². The van der Waals surface area contributed by atoms with Gasteiger partial charge in [-0.05, 0) is 24.6 Å². The Morgan fingerprint density at radius 2 is 1.79 bits per heavy atom. The molecule has 0 aliphatic heterocycles. The third-order valence-corrected chi connectivity index (χ3v) is 3.85. The van der Waals surface area contributed by atoms with Crippen molar-refractivity contribution in [2.75, 3.05) is 23.7 Å².